The average Bonchev–Trinajstić information content (AvgIpc) is 2.52. The van der Waals surface area contributed by atoms with Gasteiger partial charge in [-0.3, -0.25) is 4.79 Å². The number of ether oxygens (including phenoxy) is 1. The molecule has 0 saturated heterocycles. The zero-order valence-corrected chi connectivity index (χ0v) is 14.0. The number of hydrogen-bond donors (Lipinski definition) is 1. The van der Waals surface area contributed by atoms with Crippen LogP contribution >= 0.6 is 0 Å². The lowest BCUT2D eigenvalue weighted by Gasteiger charge is -2.05. The van der Waals surface area contributed by atoms with Crippen molar-refractivity contribution in [2.24, 2.45) is 0 Å². The van der Waals surface area contributed by atoms with Gasteiger partial charge in [0.15, 0.2) is 0 Å². The quantitative estimate of drug-likeness (QED) is 0.206. The zero-order valence-electron chi connectivity index (χ0n) is 14.0. The van der Waals surface area contributed by atoms with Crippen molar-refractivity contribution in [3.8, 4) is 0 Å². The smallest absolute Gasteiger partial charge is 0.342 e. The van der Waals surface area contributed by atoms with Crippen LogP contribution in [0.2, 0.25) is 0 Å². The van der Waals surface area contributed by atoms with E-state index in [4.69, 9.17) is 9.99 Å². The fraction of sp³-hybridized carbons (Fsp3) is 0.882. The molecule has 0 aliphatic carbocycles. The van der Waals surface area contributed by atoms with Gasteiger partial charge in [-0.1, -0.05) is 64.7 Å². The normalized spacial score (nSPS) is 10.5. The summed E-state index contributed by atoms with van der Waals surface area (Å²) >= 11 is 0. The molecule has 0 atom stereocenters. The Hall–Kier alpha value is -1.10. The van der Waals surface area contributed by atoms with E-state index in [-0.39, 0.29) is 18.8 Å². The SMILES string of the molecule is CCCCCCCCCCCCOC(=O)CCCC(=O)OO. The standard InChI is InChI=1S/C17H32O5/c1-2-3-4-5-6-7-8-9-10-11-15-21-16(18)13-12-14-17(19)22-20/h20H,2-15H2,1H3. The van der Waals surface area contributed by atoms with E-state index < -0.39 is 5.97 Å². The second kappa shape index (κ2) is 16.3. The van der Waals surface area contributed by atoms with Crippen LogP contribution in [0, 0.1) is 0 Å². The van der Waals surface area contributed by atoms with Crippen molar-refractivity contribution < 1.29 is 24.5 Å². The third-order valence-corrected chi connectivity index (χ3v) is 3.62. The van der Waals surface area contributed by atoms with Crippen molar-refractivity contribution in [3.05, 3.63) is 0 Å². The number of esters is 1. The first-order valence-electron chi connectivity index (χ1n) is 8.70. The molecule has 5 nitrogen and oxygen atoms in total. The molecule has 22 heavy (non-hydrogen) atoms. The maximum Gasteiger partial charge on any atom is 0.342 e. The monoisotopic (exact) mass is 316 g/mol. The molecule has 0 aromatic rings. The van der Waals surface area contributed by atoms with Crippen LogP contribution in [-0.4, -0.2) is 23.8 Å². The molecule has 0 radical (unpaired) electrons. The molecule has 0 aliphatic rings. The maximum absolute atomic E-state index is 11.3. The summed E-state index contributed by atoms with van der Waals surface area (Å²) in [5.41, 5.74) is 0. The van der Waals surface area contributed by atoms with Crippen molar-refractivity contribution in [2.45, 2.75) is 90.4 Å². The maximum atomic E-state index is 11.3. The summed E-state index contributed by atoms with van der Waals surface area (Å²) in [4.78, 5) is 25.5. The number of unbranched alkanes of at least 4 members (excludes halogenated alkanes) is 9. The molecule has 0 spiro atoms. The number of hydrogen-bond acceptors (Lipinski definition) is 5. The topological polar surface area (TPSA) is 72.8 Å². The van der Waals surface area contributed by atoms with Crippen LogP contribution in [0.3, 0.4) is 0 Å². The molecular weight excluding hydrogens is 284 g/mol. The minimum atomic E-state index is -0.720. The minimum absolute atomic E-state index is 0.0316. The molecular formula is C17H32O5. The Bertz CT molecular complexity index is 278. The Balaban J connectivity index is 3.18. The third kappa shape index (κ3) is 15.3. The van der Waals surface area contributed by atoms with Crippen LogP contribution in [0.25, 0.3) is 0 Å². The lowest BCUT2D eigenvalue weighted by atomic mass is 10.1. The van der Waals surface area contributed by atoms with E-state index in [0.717, 1.165) is 12.8 Å². The first kappa shape index (κ1) is 20.9. The summed E-state index contributed by atoms with van der Waals surface area (Å²) in [5, 5.41) is 8.05. The molecule has 1 N–H and O–H groups in total. The van der Waals surface area contributed by atoms with E-state index in [9.17, 15) is 9.59 Å². The van der Waals surface area contributed by atoms with Gasteiger partial charge in [0.2, 0.25) is 0 Å². The highest BCUT2D eigenvalue weighted by atomic mass is 17.1. The van der Waals surface area contributed by atoms with Gasteiger partial charge in [-0.25, -0.2) is 4.79 Å². The lowest BCUT2D eigenvalue weighted by molar-refractivity contribution is -0.234. The Morgan fingerprint density at radius 1 is 0.727 bits per heavy atom. The van der Waals surface area contributed by atoms with Gasteiger partial charge in [0.05, 0.1) is 6.61 Å². The van der Waals surface area contributed by atoms with Crippen LogP contribution in [0.5, 0.6) is 0 Å². The van der Waals surface area contributed by atoms with Crippen molar-refractivity contribution in [2.75, 3.05) is 6.61 Å². The van der Waals surface area contributed by atoms with E-state index in [0.29, 0.717) is 13.0 Å². The Morgan fingerprint density at radius 2 is 1.23 bits per heavy atom. The van der Waals surface area contributed by atoms with Crippen LogP contribution < -0.4 is 0 Å². The summed E-state index contributed by atoms with van der Waals surface area (Å²) in [5.74, 6) is -1.01. The van der Waals surface area contributed by atoms with Gasteiger partial charge in [0.25, 0.3) is 0 Å². The molecule has 0 heterocycles. The molecule has 0 fully saturated rings. The van der Waals surface area contributed by atoms with Gasteiger partial charge in [0, 0.05) is 12.8 Å². The first-order chi connectivity index (χ1) is 10.7. The minimum Gasteiger partial charge on any atom is -0.466 e. The van der Waals surface area contributed by atoms with Crippen LogP contribution in [0.4, 0.5) is 0 Å². The molecule has 0 aromatic carbocycles. The van der Waals surface area contributed by atoms with Crippen molar-refractivity contribution in [1.82, 2.24) is 0 Å². The highest BCUT2D eigenvalue weighted by molar-refractivity contribution is 5.72. The van der Waals surface area contributed by atoms with Gasteiger partial charge in [0.1, 0.15) is 0 Å². The largest absolute Gasteiger partial charge is 0.466 e. The molecule has 0 saturated carbocycles. The van der Waals surface area contributed by atoms with E-state index in [1.54, 1.807) is 0 Å². The fourth-order valence-electron chi connectivity index (χ4n) is 2.27. The molecule has 0 rings (SSSR count). The summed E-state index contributed by atoms with van der Waals surface area (Å²) in [6.07, 6.45) is 13.0. The molecule has 0 unspecified atom stereocenters. The second-order valence-corrected chi connectivity index (χ2v) is 5.72. The predicted molar refractivity (Wildman–Crippen MR) is 85.4 cm³/mol. The second-order valence-electron chi connectivity index (χ2n) is 5.72. The summed E-state index contributed by atoms with van der Waals surface area (Å²) < 4.78 is 5.08. The molecule has 0 aliphatic heterocycles. The van der Waals surface area contributed by atoms with E-state index in [1.807, 2.05) is 0 Å². The van der Waals surface area contributed by atoms with Gasteiger partial charge >= 0.3 is 11.9 Å². The molecule has 0 aromatic heterocycles. The highest BCUT2D eigenvalue weighted by Gasteiger charge is 2.06. The number of carbonyl (C=O) groups excluding carboxylic acids is 2. The van der Waals surface area contributed by atoms with Gasteiger partial charge < -0.3 is 9.62 Å². The predicted octanol–water partition coefficient (Wildman–Crippen LogP) is 4.64. The van der Waals surface area contributed by atoms with Crippen LogP contribution in [0.15, 0.2) is 0 Å². The summed E-state index contributed by atoms with van der Waals surface area (Å²) in [6, 6.07) is 0. The Labute approximate surface area is 134 Å². The lowest BCUT2D eigenvalue weighted by Crippen LogP contribution is -2.07. The van der Waals surface area contributed by atoms with Gasteiger partial charge in [-0.15, -0.1) is 0 Å². The third-order valence-electron chi connectivity index (χ3n) is 3.62. The van der Waals surface area contributed by atoms with E-state index in [1.165, 1.54) is 51.4 Å². The van der Waals surface area contributed by atoms with Crippen molar-refractivity contribution >= 4 is 11.9 Å². The van der Waals surface area contributed by atoms with Crippen LogP contribution in [-0.2, 0) is 19.2 Å². The Kier molecular flexibility index (Phi) is 15.5. The zero-order chi connectivity index (χ0) is 16.5. The molecule has 0 bridgehead atoms. The van der Waals surface area contributed by atoms with E-state index in [2.05, 4.69) is 11.8 Å². The average molecular weight is 316 g/mol. The fourth-order valence-corrected chi connectivity index (χ4v) is 2.27. The Morgan fingerprint density at radius 3 is 1.77 bits per heavy atom. The molecule has 0 amide bonds. The van der Waals surface area contributed by atoms with Crippen molar-refractivity contribution in [3.63, 3.8) is 0 Å². The molecule has 130 valence electrons. The number of carbonyl (C=O) groups is 2. The summed E-state index contributed by atoms with van der Waals surface area (Å²) in [7, 11) is 0. The van der Waals surface area contributed by atoms with Crippen LogP contribution in [0.1, 0.15) is 90.4 Å². The first-order valence-corrected chi connectivity index (χ1v) is 8.70. The highest BCUT2D eigenvalue weighted by Crippen LogP contribution is 2.10. The van der Waals surface area contributed by atoms with Gasteiger partial charge in [-0.05, 0) is 12.8 Å². The van der Waals surface area contributed by atoms with Gasteiger partial charge in [-0.2, -0.15) is 5.26 Å². The number of rotatable bonds is 15. The summed E-state index contributed by atoms with van der Waals surface area (Å²) in [6.45, 7) is 2.69. The van der Waals surface area contributed by atoms with Crippen molar-refractivity contribution in [1.29, 1.82) is 0 Å². The van der Waals surface area contributed by atoms with E-state index >= 15 is 0 Å². The molecule has 5 heteroatoms.